The second-order valence-electron chi connectivity index (χ2n) is 7.52. The van der Waals surface area contributed by atoms with Crippen LogP contribution < -0.4 is 10.7 Å². The van der Waals surface area contributed by atoms with E-state index in [0.717, 1.165) is 23.7 Å². The van der Waals surface area contributed by atoms with Crippen molar-refractivity contribution in [3.05, 3.63) is 68.7 Å². The van der Waals surface area contributed by atoms with E-state index >= 15 is 0 Å². The molecule has 0 aliphatic carbocycles. The summed E-state index contributed by atoms with van der Waals surface area (Å²) in [5, 5.41) is 8.25. The van der Waals surface area contributed by atoms with Crippen molar-refractivity contribution in [2.45, 2.75) is 31.2 Å². The summed E-state index contributed by atoms with van der Waals surface area (Å²) < 4.78 is 80.0. The Balaban J connectivity index is 1.78. The van der Waals surface area contributed by atoms with Gasteiger partial charge in [0.1, 0.15) is 0 Å². The number of urea groups is 1. The zero-order valence-electron chi connectivity index (χ0n) is 17.7. The van der Waals surface area contributed by atoms with E-state index in [9.17, 15) is 31.1 Å². The van der Waals surface area contributed by atoms with E-state index in [0.29, 0.717) is 16.7 Å². The molecule has 2 amide bonds. The summed E-state index contributed by atoms with van der Waals surface area (Å²) >= 11 is 11.8. The summed E-state index contributed by atoms with van der Waals surface area (Å²) in [5.41, 5.74) is -0.0715. The second-order valence-corrected chi connectivity index (χ2v) is 8.40. The van der Waals surface area contributed by atoms with Gasteiger partial charge in [0.25, 0.3) is 5.60 Å². The summed E-state index contributed by atoms with van der Waals surface area (Å²) in [6.07, 6.45) is -4.38. The topological polar surface area (TPSA) is 75.1 Å². The van der Waals surface area contributed by atoms with Crippen molar-refractivity contribution in [3.63, 3.8) is 0 Å². The third-order valence-corrected chi connectivity index (χ3v) is 5.39. The molecule has 14 heteroatoms. The monoisotopic (exact) mass is 540 g/mol. The summed E-state index contributed by atoms with van der Waals surface area (Å²) in [6, 6.07) is 2.47. The maximum Gasteiger partial charge on any atom is 0.435 e. The molecule has 6 nitrogen and oxygen atoms in total. The fraction of sp³-hybridized carbons (Fsp3) is 0.286. The number of aryl methyl sites for hydroxylation is 1. The number of nitrogens with one attached hydrogen (secondary N) is 2. The highest BCUT2D eigenvalue weighted by Crippen LogP contribution is 2.49. The largest absolute Gasteiger partial charge is 0.435 e. The van der Waals surface area contributed by atoms with E-state index in [1.807, 2.05) is 0 Å². The van der Waals surface area contributed by atoms with Gasteiger partial charge in [-0.1, -0.05) is 40.5 Å². The summed E-state index contributed by atoms with van der Waals surface area (Å²) in [6.45, 7) is -0.482. The maximum atomic E-state index is 14.1. The molecule has 1 heterocycles. The molecule has 35 heavy (non-hydrogen) atoms. The van der Waals surface area contributed by atoms with Crippen molar-refractivity contribution in [2.24, 2.45) is 10.3 Å². The van der Waals surface area contributed by atoms with E-state index in [2.05, 4.69) is 10.3 Å². The Labute approximate surface area is 204 Å². The first kappa shape index (κ1) is 26.6. The van der Waals surface area contributed by atoms with Crippen molar-refractivity contribution in [1.82, 2.24) is 10.7 Å². The molecule has 1 unspecified atom stereocenters. The first-order valence-electron chi connectivity index (χ1n) is 9.71. The predicted molar refractivity (Wildman–Crippen MR) is 118 cm³/mol. The van der Waals surface area contributed by atoms with Gasteiger partial charge in [0.2, 0.25) is 0 Å². The maximum absolute atomic E-state index is 14.1. The standard InChI is InChI=1S/C21H16Cl2F6N4O2/c1-11-4-12(2-3-13(11)9-30-32-18(34)31-20(25,26)10-24)17-8-19(35-33-17,21(27,28)29)14-5-15(22)7-16(23)6-14/h2-7,9H,8,10H2,1H3,(H2,31,32,34)/b30-9+. The van der Waals surface area contributed by atoms with Crippen LogP contribution in [-0.4, -0.2) is 36.9 Å². The van der Waals surface area contributed by atoms with Gasteiger partial charge >= 0.3 is 18.3 Å². The third kappa shape index (κ3) is 5.99. The van der Waals surface area contributed by atoms with Crippen LogP contribution in [0.25, 0.3) is 0 Å². The minimum absolute atomic E-state index is 0.00311. The lowest BCUT2D eigenvalue weighted by Crippen LogP contribution is -2.46. The molecule has 0 saturated heterocycles. The molecule has 1 atom stereocenters. The zero-order valence-corrected chi connectivity index (χ0v) is 19.2. The molecule has 0 fully saturated rings. The van der Waals surface area contributed by atoms with Crippen LogP contribution in [0, 0.1) is 6.92 Å². The number of hydrogen-bond acceptors (Lipinski definition) is 4. The Bertz CT molecular complexity index is 1170. The van der Waals surface area contributed by atoms with Crippen molar-refractivity contribution in [1.29, 1.82) is 0 Å². The van der Waals surface area contributed by atoms with E-state index in [1.165, 1.54) is 24.3 Å². The molecule has 188 valence electrons. The second kappa shape index (κ2) is 9.94. The number of carbonyl (C=O) groups excluding carboxylic acids is 1. The first-order valence-corrected chi connectivity index (χ1v) is 10.5. The number of alkyl halides is 6. The smallest absolute Gasteiger partial charge is 0.374 e. The molecule has 1 aliphatic heterocycles. The Morgan fingerprint density at radius 1 is 1.17 bits per heavy atom. The zero-order chi connectivity index (χ0) is 26.0. The van der Waals surface area contributed by atoms with E-state index in [-0.39, 0.29) is 21.3 Å². The molecular formula is C21H16Cl2F6N4O2. The van der Waals surface area contributed by atoms with Gasteiger partial charge < -0.3 is 4.84 Å². The van der Waals surface area contributed by atoms with Crippen LogP contribution in [0.1, 0.15) is 28.7 Å². The third-order valence-electron chi connectivity index (χ3n) is 4.95. The Morgan fingerprint density at radius 2 is 1.83 bits per heavy atom. The molecular weight excluding hydrogens is 525 g/mol. The number of carbonyl (C=O) groups is 1. The predicted octanol–water partition coefficient (Wildman–Crippen LogP) is 6.08. The Kier molecular flexibility index (Phi) is 7.56. The van der Waals surface area contributed by atoms with Gasteiger partial charge in [-0.25, -0.2) is 14.6 Å². The van der Waals surface area contributed by atoms with Crippen molar-refractivity contribution < 1.29 is 36.0 Å². The number of halogens is 8. The molecule has 2 aromatic rings. The van der Waals surface area contributed by atoms with Crippen LogP contribution in [0.4, 0.5) is 31.1 Å². The van der Waals surface area contributed by atoms with Crippen LogP contribution in [0.2, 0.25) is 10.0 Å². The highest BCUT2D eigenvalue weighted by atomic mass is 35.5. The van der Waals surface area contributed by atoms with E-state index < -0.39 is 37.0 Å². The van der Waals surface area contributed by atoms with Crippen molar-refractivity contribution in [3.8, 4) is 0 Å². The van der Waals surface area contributed by atoms with Crippen LogP contribution in [0.15, 0.2) is 46.7 Å². The van der Waals surface area contributed by atoms with Crippen molar-refractivity contribution in [2.75, 3.05) is 6.67 Å². The van der Waals surface area contributed by atoms with Crippen molar-refractivity contribution >= 4 is 41.2 Å². The summed E-state index contributed by atoms with van der Waals surface area (Å²) in [5.74, 6) is 0. The number of benzene rings is 2. The lowest BCUT2D eigenvalue weighted by Gasteiger charge is -2.29. The SMILES string of the molecule is Cc1cc(C2=NOC(c3cc(Cl)cc(Cl)c3)(C(F)(F)F)C2)ccc1/C=N/NC(=O)NC(F)(F)CF. The highest BCUT2D eigenvalue weighted by molar-refractivity contribution is 6.34. The number of amides is 2. The normalized spacial score (nSPS) is 18.4. The first-order chi connectivity index (χ1) is 16.3. The average molecular weight is 541 g/mol. The molecule has 0 aromatic heterocycles. The van der Waals surface area contributed by atoms with Gasteiger partial charge in [-0.3, -0.25) is 5.32 Å². The molecule has 2 aromatic carbocycles. The lowest BCUT2D eigenvalue weighted by atomic mass is 9.86. The van der Waals surface area contributed by atoms with Crippen LogP contribution in [0.5, 0.6) is 0 Å². The number of rotatable bonds is 6. The molecule has 0 spiro atoms. The van der Waals surface area contributed by atoms with Crippen LogP contribution in [-0.2, 0) is 10.4 Å². The minimum Gasteiger partial charge on any atom is -0.374 e. The van der Waals surface area contributed by atoms with E-state index in [4.69, 9.17) is 28.0 Å². The van der Waals surface area contributed by atoms with Gasteiger partial charge in [0, 0.05) is 22.0 Å². The summed E-state index contributed by atoms with van der Waals surface area (Å²) in [7, 11) is 0. The van der Waals surface area contributed by atoms with Gasteiger partial charge in [-0.15, -0.1) is 0 Å². The molecule has 1 aliphatic rings. The summed E-state index contributed by atoms with van der Waals surface area (Å²) in [4.78, 5) is 16.3. The molecule has 0 bridgehead atoms. The molecule has 0 saturated carbocycles. The highest BCUT2D eigenvalue weighted by Gasteiger charge is 2.62. The lowest BCUT2D eigenvalue weighted by molar-refractivity contribution is -0.275. The number of hydrazone groups is 1. The van der Waals surface area contributed by atoms with Gasteiger partial charge in [0.15, 0.2) is 6.67 Å². The fourth-order valence-corrected chi connectivity index (χ4v) is 3.76. The number of hydrogen-bond donors (Lipinski definition) is 2. The number of oxime groups is 1. The minimum atomic E-state index is -4.85. The van der Waals surface area contributed by atoms with Gasteiger partial charge in [0.05, 0.1) is 11.9 Å². The number of nitrogens with zero attached hydrogens (tertiary/aromatic N) is 2. The fourth-order valence-electron chi connectivity index (χ4n) is 3.23. The average Bonchev–Trinajstić information content (AvgIpc) is 3.21. The Morgan fingerprint density at radius 3 is 2.40 bits per heavy atom. The molecule has 0 radical (unpaired) electrons. The van der Waals surface area contributed by atoms with E-state index in [1.54, 1.807) is 12.3 Å². The van der Waals surface area contributed by atoms with Crippen LogP contribution >= 0.6 is 23.2 Å². The quantitative estimate of drug-likeness (QED) is 0.201. The Hall–Kier alpha value is -2.99. The van der Waals surface area contributed by atoms with Gasteiger partial charge in [-0.2, -0.15) is 27.1 Å². The van der Waals surface area contributed by atoms with Gasteiger partial charge in [-0.05, 0) is 47.9 Å². The molecule has 2 N–H and O–H groups in total. The van der Waals surface area contributed by atoms with Crippen LogP contribution in [0.3, 0.4) is 0 Å². The molecule has 3 rings (SSSR count).